The summed E-state index contributed by atoms with van der Waals surface area (Å²) in [6, 6.07) is 6.49. The minimum absolute atomic E-state index is 0.0562. The Morgan fingerprint density at radius 3 is 2.76 bits per heavy atom. The first-order valence-corrected chi connectivity index (χ1v) is 8.12. The van der Waals surface area contributed by atoms with E-state index in [0.717, 1.165) is 18.2 Å². The molecule has 114 valence electrons. The highest BCUT2D eigenvalue weighted by molar-refractivity contribution is 6.34. The van der Waals surface area contributed by atoms with Gasteiger partial charge in [-0.25, -0.2) is 0 Å². The van der Waals surface area contributed by atoms with E-state index in [1.54, 1.807) is 0 Å². The number of amidine groups is 1. The second-order valence-corrected chi connectivity index (χ2v) is 6.50. The molecular formula is C16H22ClN3O. The van der Waals surface area contributed by atoms with E-state index in [1.807, 2.05) is 18.2 Å². The quantitative estimate of drug-likeness (QED) is 0.380. The van der Waals surface area contributed by atoms with Crippen molar-refractivity contribution in [3.8, 4) is 0 Å². The SMILES string of the molecule is N/C(=N/O)c1ccc(N2CCC[C@H]3CCCC[C@H]32)cc1Cl. The van der Waals surface area contributed by atoms with Crippen LogP contribution in [0.4, 0.5) is 5.69 Å². The van der Waals surface area contributed by atoms with Crippen molar-refractivity contribution < 1.29 is 5.21 Å². The first-order valence-electron chi connectivity index (χ1n) is 7.75. The lowest BCUT2D eigenvalue weighted by atomic mass is 9.78. The molecule has 21 heavy (non-hydrogen) atoms. The van der Waals surface area contributed by atoms with Crippen LogP contribution in [-0.4, -0.2) is 23.6 Å². The molecule has 1 saturated carbocycles. The fraction of sp³-hybridized carbons (Fsp3) is 0.562. The Bertz CT molecular complexity index is 544. The number of halogens is 1. The van der Waals surface area contributed by atoms with Gasteiger partial charge in [-0.2, -0.15) is 0 Å². The zero-order chi connectivity index (χ0) is 14.8. The van der Waals surface area contributed by atoms with Crippen LogP contribution in [0.5, 0.6) is 0 Å². The van der Waals surface area contributed by atoms with Crippen molar-refractivity contribution in [1.29, 1.82) is 0 Å². The lowest BCUT2D eigenvalue weighted by molar-refractivity contribution is 0.244. The standard InChI is InChI=1S/C16H22ClN3O/c17-14-10-12(7-8-13(14)16(18)19-21)20-9-3-5-11-4-1-2-6-15(11)20/h7-8,10-11,15,21H,1-6,9H2,(H2,18,19)/t11-,15-/m1/s1. The van der Waals surface area contributed by atoms with Crippen LogP contribution in [0.25, 0.3) is 0 Å². The molecule has 0 aromatic heterocycles. The van der Waals surface area contributed by atoms with E-state index in [4.69, 9.17) is 22.5 Å². The molecule has 3 rings (SSSR count). The number of nitrogens with zero attached hydrogens (tertiary/aromatic N) is 2. The summed E-state index contributed by atoms with van der Waals surface area (Å²) in [6.45, 7) is 1.10. The maximum Gasteiger partial charge on any atom is 0.171 e. The zero-order valence-corrected chi connectivity index (χ0v) is 12.9. The minimum Gasteiger partial charge on any atom is -0.409 e. The first-order chi connectivity index (χ1) is 10.2. The Kier molecular flexibility index (Phi) is 4.24. The first kappa shape index (κ1) is 14.5. The van der Waals surface area contributed by atoms with Crippen molar-refractivity contribution in [3.05, 3.63) is 28.8 Å². The van der Waals surface area contributed by atoms with Crippen LogP contribution in [0.15, 0.2) is 23.4 Å². The summed E-state index contributed by atoms with van der Waals surface area (Å²) >= 11 is 6.30. The van der Waals surface area contributed by atoms with Crippen LogP contribution in [0.1, 0.15) is 44.1 Å². The highest BCUT2D eigenvalue weighted by atomic mass is 35.5. The molecule has 0 spiro atoms. The highest BCUT2D eigenvalue weighted by Crippen LogP contribution is 2.38. The smallest absolute Gasteiger partial charge is 0.171 e. The monoisotopic (exact) mass is 307 g/mol. The third-order valence-electron chi connectivity index (χ3n) is 4.91. The van der Waals surface area contributed by atoms with Gasteiger partial charge in [0.05, 0.1) is 5.02 Å². The predicted molar refractivity (Wildman–Crippen MR) is 86.3 cm³/mol. The predicted octanol–water partition coefficient (Wildman–Crippen LogP) is 3.59. The van der Waals surface area contributed by atoms with E-state index in [9.17, 15) is 0 Å². The summed E-state index contributed by atoms with van der Waals surface area (Å²) in [7, 11) is 0. The van der Waals surface area contributed by atoms with Gasteiger partial charge in [-0.05, 0) is 49.8 Å². The van der Waals surface area contributed by atoms with E-state index >= 15 is 0 Å². The fourth-order valence-electron chi connectivity index (χ4n) is 3.89. The van der Waals surface area contributed by atoms with Crippen LogP contribution in [-0.2, 0) is 0 Å². The number of piperidine rings is 1. The molecular weight excluding hydrogens is 286 g/mol. The fourth-order valence-corrected chi connectivity index (χ4v) is 4.16. The number of oxime groups is 1. The molecule has 1 aliphatic heterocycles. The van der Waals surface area contributed by atoms with Gasteiger partial charge >= 0.3 is 0 Å². The summed E-state index contributed by atoms with van der Waals surface area (Å²) in [6.07, 6.45) is 7.95. The molecule has 2 fully saturated rings. The molecule has 3 N–H and O–H groups in total. The molecule has 1 aliphatic carbocycles. The lowest BCUT2D eigenvalue weighted by Crippen LogP contribution is -2.46. The maximum atomic E-state index is 8.78. The third-order valence-corrected chi connectivity index (χ3v) is 5.22. The minimum atomic E-state index is 0.0562. The number of nitrogens with two attached hydrogens (primary N) is 1. The number of benzene rings is 1. The van der Waals surface area contributed by atoms with Gasteiger partial charge in [0.2, 0.25) is 0 Å². The van der Waals surface area contributed by atoms with Crippen molar-refractivity contribution in [2.24, 2.45) is 16.8 Å². The van der Waals surface area contributed by atoms with Gasteiger partial charge < -0.3 is 15.8 Å². The van der Waals surface area contributed by atoms with Crippen molar-refractivity contribution >= 4 is 23.1 Å². The van der Waals surface area contributed by atoms with Gasteiger partial charge in [0.15, 0.2) is 5.84 Å². The second-order valence-electron chi connectivity index (χ2n) is 6.10. The Hall–Kier alpha value is -1.42. The number of fused-ring (bicyclic) bond motifs is 1. The summed E-state index contributed by atoms with van der Waals surface area (Å²) in [5.74, 6) is 0.885. The van der Waals surface area contributed by atoms with Crippen LogP contribution in [0.2, 0.25) is 5.02 Å². The molecule has 4 nitrogen and oxygen atoms in total. The Morgan fingerprint density at radius 2 is 2.00 bits per heavy atom. The molecule has 2 aliphatic rings. The average Bonchev–Trinajstić information content (AvgIpc) is 2.53. The molecule has 2 atom stereocenters. The Morgan fingerprint density at radius 1 is 1.24 bits per heavy atom. The molecule has 0 bridgehead atoms. The third kappa shape index (κ3) is 2.82. The van der Waals surface area contributed by atoms with Crippen molar-refractivity contribution in [1.82, 2.24) is 0 Å². The van der Waals surface area contributed by atoms with Gasteiger partial charge in [-0.15, -0.1) is 0 Å². The summed E-state index contributed by atoms with van der Waals surface area (Å²) in [5.41, 5.74) is 7.37. The van der Waals surface area contributed by atoms with E-state index in [2.05, 4.69) is 10.1 Å². The van der Waals surface area contributed by atoms with E-state index in [0.29, 0.717) is 16.6 Å². The van der Waals surface area contributed by atoms with Crippen molar-refractivity contribution in [2.45, 2.75) is 44.6 Å². The Balaban J connectivity index is 1.87. The van der Waals surface area contributed by atoms with Crippen LogP contribution < -0.4 is 10.6 Å². The molecule has 1 aromatic rings. The Labute approximate surface area is 130 Å². The van der Waals surface area contributed by atoms with Crippen LogP contribution in [0, 0.1) is 5.92 Å². The van der Waals surface area contributed by atoms with E-state index in [1.165, 1.54) is 38.5 Å². The summed E-state index contributed by atoms with van der Waals surface area (Å²) < 4.78 is 0. The number of hydrogen-bond donors (Lipinski definition) is 2. The highest BCUT2D eigenvalue weighted by Gasteiger charge is 2.33. The normalized spacial score (nSPS) is 26.5. The molecule has 0 radical (unpaired) electrons. The van der Waals surface area contributed by atoms with Gasteiger partial charge in [0.1, 0.15) is 0 Å². The molecule has 1 saturated heterocycles. The topological polar surface area (TPSA) is 61.9 Å². The van der Waals surface area contributed by atoms with Crippen molar-refractivity contribution in [2.75, 3.05) is 11.4 Å². The van der Waals surface area contributed by atoms with E-state index < -0.39 is 0 Å². The van der Waals surface area contributed by atoms with E-state index in [-0.39, 0.29) is 5.84 Å². The van der Waals surface area contributed by atoms with Crippen LogP contribution in [0.3, 0.4) is 0 Å². The van der Waals surface area contributed by atoms with Gasteiger partial charge in [0, 0.05) is 23.8 Å². The number of anilines is 1. The van der Waals surface area contributed by atoms with Crippen molar-refractivity contribution in [3.63, 3.8) is 0 Å². The largest absolute Gasteiger partial charge is 0.409 e. The summed E-state index contributed by atoms with van der Waals surface area (Å²) in [4.78, 5) is 2.51. The number of rotatable bonds is 2. The van der Waals surface area contributed by atoms with Gasteiger partial charge in [-0.3, -0.25) is 0 Å². The summed E-state index contributed by atoms with van der Waals surface area (Å²) in [5, 5.41) is 12.3. The molecule has 0 amide bonds. The number of hydrogen-bond acceptors (Lipinski definition) is 3. The average molecular weight is 308 g/mol. The molecule has 1 aromatic carbocycles. The molecule has 0 unspecified atom stereocenters. The van der Waals surface area contributed by atoms with Gasteiger partial charge in [0.25, 0.3) is 0 Å². The molecule has 1 heterocycles. The molecule has 5 heteroatoms. The zero-order valence-electron chi connectivity index (χ0n) is 12.1. The second kappa shape index (κ2) is 6.14. The maximum absolute atomic E-state index is 8.78. The van der Waals surface area contributed by atoms with Gasteiger partial charge in [-0.1, -0.05) is 29.6 Å². The lowest BCUT2D eigenvalue weighted by Gasteiger charge is -2.45. The van der Waals surface area contributed by atoms with Crippen LogP contribution >= 0.6 is 11.6 Å².